The second-order valence-corrected chi connectivity index (χ2v) is 17.7. The molecular weight excluding hydrogens is 821 g/mol. The quantitative estimate of drug-likeness (QED) is 0.119. The zero-order chi connectivity index (χ0) is 42.1. The van der Waals surface area contributed by atoms with Gasteiger partial charge >= 0.3 is 0 Å². The van der Waals surface area contributed by atoms with E-state index in [0.29, 0.717) is 25.2 Å². The van der Waals surface area contributed by atoms with Crippen LogP contribution in [0.5, 0.6) is 0 Å². The highest BCUT2D eigenvalue weighted by molar-refractivity contribution is 7.13. The lowest BCUT2D eigenvalue weighted by Gasteiger charge is -2.32. The molecule has 0 bridgehead atoms. The van der Waals surface area contributed by atoms with Gasteiger partial charge in [0, 0.05) is 98.8 Å². The van der Waals surface area contributed by atoms with Crippen molar-refractivity contribution in [2.75, 3.05) is 39.3 Å². The molecule has 14 nitrogen and oxygen atoms in total. The van der Waals surface area contributed by atoms with Crippen LogP contribution in [0.3, 0.4) is 0 Å². The van der Waals surface area contributed by atoms with Crippen LogP contribution in [0, 0.1) is 0 Å². The average Bonchev–Trinajstić information content (AvgIpc) is 4.17. The molecule has 0 spiro atoms. The van der Waals surface area contributed by atoms with E-state index in [1.807, 2.05) is 80.6 Å². The van der Waals surface area contributed by atoms with Gasteiger partial charge in [-0.05, 0) is 99.0 Å². The van der Waals surface area contributed by atoms with Gasteiger partial charge < -0.3 is 38.6 Å². The lowest BCUT2D eigenvalue weighted by molar-refractivity contribution is 0.191. The van der Waals surface area contributed by atoms with E-state index in [4.69, 9.17) is 9.05 Å². The highest BCUT2D eigenvalue weighted by Crippen LogP contribution is 2.26. The summed E-state index contributed by atoms with van der Waals surface area (Å²) in [6, 6.07) is 24.0. The number of thiophene rings is 2. The lowest BCUT2D eigenvalue weighted by atomic mass is 10.0. The maximum atomic E-state index is 12.3. The van der Waals surface area contributed by atoms with Crippen molar-refractivity contribution >= 4 is 44.5 Å². The second kappa shape index (κ2) is 20.0. The number of hydrogen-bond acceptors (Lipinski definition) is 14. The van der Waals surface area contributed by atoms with E-state index >= 15 is 0 Å². The Morgan fingerprint density at radius 3 is 1.45 bits per heavy atom. The third-order valence-corrected chi connectivity index (χ3v) is 13.6. The van der Waals surface area contributed by atoms with Gasteiger partial charge in [0.2, 0.25) is 0 Å². The van der Waals surface area contributed by atoms with Crippen LogP contribution in [0.2, 0.25) is 0 Å². The Balaban J connectivity index is 0.000000158. The molecule has 0 radical (unpaired) electrons. The molecule has 320 valence electrons. The van der Waals surface area contributed by atoms with Gasteiger partial charge in [0.05, 0.1) is 44.6 Å². The summed E-state index contributed by atoms with van der Waals surface area (Å²) in [5.41, 5.74) is 3.75. The first-order chi connectivity index (χ1) is 30.5. The molecule has 16 heteroatoms. The number of likely N-dealkylation sites (tertiary alicyclic amines) is 2. The van der Waals surface area contributed by atoms with Crippen molar-refractivity contribution in [3.05, 3.63) is 140 Å². The summed E-state index contributed by atoms with van der Waals surface area (Å²) in [4.78, 5) is 40.2. The number of aromatic nitrogens is 6. The maximum Gasteiger partial charge on any atom is 0.251 e. The summed E-state index contributed by atoms with van der Waals surface area (Å²) in [5, 5.41) is 21.8. The molecule has 10 heterocycles. The highest BCUT2D eigenvalue weighted by Gasteiger charge is 2.21. The number of hydrogen-bond donors (Lipinski definition) is 2. The molecule has 2 fully saturated rings. The minimum atomic E-state index is 0.0339. The van der Waals surface area contributed by atoms with Crippen molar-refractivity contribution < 1.29 is 9.05 Å². The predicted molar refractivity (Wildman–Crippen MR) is 244 cm³/mol. The largest absolute Gasteiger partial charge is 0.355 e. The molecule has 0 amide bonds. The molecule has 0 atom stereocenters. The summed E-state index contributed by atoms with van der Waals surface area (Å²) >= 11 is 3.31. The van der Waals surface area contributed by atoms with Crippen molar-refractivity contribution in [1.82, 2.24) is 49.8 Å². The first kappa shape index (κ1) is 41.7. The molecule has 8 aromatic heterocycles. The summed E-state index contributed by atoms with van der Waals surface area (Å²) in [6.45, 7) is 8.64. The van der Waals surface area contributed by atoms with E-state index in [0.717, 1.165) is 133 Å². The molecule has 8 aromatic rings. The molecule has 2 aliphatic heterocycles. The Kier molecular flexibility index (Phi) is 13.5. The summed E-state index contributed by atoms with van der Waals surface area (Å²) in [5.74, 6) is 1.67. The molecule has 0 saturated carbocycles. The molecule has 0 aliphatic carbocycles. The van der Waals surface area contributed by atoms with Crippen LogP contribution in [0.1, 0.15) is 37.1 Å². The number of nitrogens with zero attached hydrogens (tertiary/aromatic N) is 8. The van der Waals surface area contributed by atoms with E-state index in [9.17, 15) is 9.59 Å². The Labute approximate surface area is 366 Å². The highest BCUT2D eigenvalue weighted by atomic mass is 32.1. The van der Waals surface area contributed by atoms with Crippen molar-refractivity contribution in [2.45, 2.75) is 63.9 Å². The van der Waals surface area contributed by atoms with Gasteiger partial charge in [-0.2, -0.15) is 0 Å². The van der Waals surface area contributed by atoms with E-state index in [2.05, 4.69) is 40.7 Å². The molecule has 2 N–H and O–H groups in total. The number of rotatable bonds is 14. The van der Waals surface area contributed by atoms with E-state index < -0.39 is 0 Å². The zero-order valence-electron chi connectivity index (χ0n) is 34.5. The molecule has 2 saturated heterocycles. The number of nitrogens with one attached hydrogen (secondary N) is 2. The van der Waals surface area contributed by atoms with Crippen LogP contribution >= 0.6 is 22.7 Å². The fourth-order valence-electron chi connectivity index (χ4n) is 8.29. The summed E-state index contributed by atoms with van der Waals surface area (Å²) in [7, 11) is 0. The molecule has 62 heavy (non-hydrogen) atoms. The average molecular weight is 871 g/mol. The SMILES string of the molecule is O=c1ccc2ccncc2n1CCN1CCC(NCc2cc(-c3cccs3)on2)CC1.O=c1ccc2ccncc2n1CCN1CCC(NCc2cc(-c3cccs3)on2)CC1. The smallest absolute Gasteiger partial charge is 0.251 e. The van der Waals surface area contributed by atoms with Crippen LogP contribution < -0.4 is 21.8 Å². The topological polar surface area (TPSA) is 152 Å². The van der Waals surface area contributed by atoms with Crippen molar-refractivity contribution in [3.8, 4) is 21.3 Å². The first-order valence-corrected chi connectivity index (χ1v) is 23.1. The van der Waals surface area contributed by atoms with Crippen LogP contribution in [-0.2, 0) is 26.2 Å². The van der Waals surface area contributed by atoms with Crippen molar-refractivity contribution in [3.63, 3.8) is 0 Å². The van der Waals surface area contributed by atoms with Gasteiger partial charge in [0.1, 0.15) is 0 Å². The minimum absolute atomic E-state index is 0.0339. The Morgan fingerprint density at radius 2 is 1.03 bits per heavy atom. The molecule has 2 aliphatic rings. The number of fused-ring (bicyclic) bond motifs is 2. The normalized spacial score (nSPS) is 15.6. The molecule has 0 aromatic carbocycles. The van der Waals surface area contributed by atoms with Crippen LogP contribution in [-0.4, -0.2) is 90.6 Å². The van der Waals surface area contributed by atoms with Gasteiger partial charge in [-0.25, -0.2) is 0 Å². The maximum absolute atomic E-state index is 12.3. The second-order valence-electron chi connectivity index (χ2n) is 15.8. The number of piperidine rings is 2. The standard InChI is InChI=1S/2C23H25N5O2S/c2*29-23-4-3-17-5-8-24-16-20(17)28(23)12-11-27-9-6-18(7-10-27)25-15-19-14-21(30-26-19)22-2-1-13-31-22/h2*1-5,8,13-14,16,18,25H,6-7,9-12,15H2. The third kappa shape index (κ3) is 10.3. The lowest BCUT2D eigenvalue weighted by Crippen LogP contribution is -2.43. The Morgan fingerprint density at radius 1 is 0.581 bits per heavy atom. The number of pyridine rings is 4. The molecular formula is C46H50N10O4S2. The molecule has 10 rings (SSSR count). The monoisotopic (exact) mass is 870 g/mol. The Hall–Kier alpha value is -5.62. The van der Waals surface area contributed by atoms with E-state index in [-0.39, 0.29) is 11.1 Å². The van der Waals surface area contributed by atoms with Gasteiger partial charge in [-0.3, -0.25) is 19.6 Å². The van der Waals surface area contributed by atoms with Gasteiger partial charge in [-0.1, -0.05) is 22.4 Å². The minimum Gasteiger partial charge on any atom is -0.355 e. The van der Waals surface area contributed by atoms with Crippen molar-refractivity contribution in [1.29, 1.82) is 0 Å². The van der Waals surface area contributed by atoms with Crippen LogP contribution in [0.4, 0.5) is 0 Å². The summed E-state index contributed by atoms with van der Waals surface area (Å²) < 4.78 is 14.6. The van der Waals surface area contributed by atoms with E-state index in [1.54, 1.807) is 59.6 Å². The predicted octanol–water partition coefficient (Wildman–Crippen LogP) is 6.73. The van der Waals surface area contributed by atoms with Gasteiger partial charge in [0.25, 0.3) is 11.1 Å². The fraction of sp³-hybridized carbons (Fsp3) is 0.348. The first-order valence-electron chi connectivity index (χ1n) is 21.3. The Bertz CT molecular complexity index is 2570. The fourth-order valence-corrected chi connectivity index (χ4v) is 9.64. The zero-order valence-corrected chi connectivity index (χ0v) is 36.1. The van der Waals surface area contributed by atoms with Crippen LogP contribution in [0.25, 0.3) is 43.1 Å². The molecule has 0 unspecified atom stereocenters. The summed E-state index contributed by atoms with van der Waals surface area (Å²) in [6.07, 6.45) is 11.4. The van der Waals surface area contributed by atoms with E-state index in [1.165, 1.54) is 0 Å². The van der Waals surface area contributed by atoms with Gasteiger partial charge in [-0.15, -0.1) is 22.7 Å². The van der Waals surface area contributed by atoms with Crippen LogP contribution in [0.15, 0.2) is 127 Å². The third-order valence-electron chi connectivity index (χ3n) is 11.8. The van der Waals surface area contributed by atoms with Crippen molar-refractivity contribution in [2.24, 2.45) is 0 Å². The van der Waals surface area contributed by atoms with Gasteiger partial charge in [0.15, 0.2) is 11.5 Å².